The summed E-state index contributed by atoms with van der Waals surface area (Å²) >= 11 is 3.20. The highest BCUT2D eigenvalue weighted by Gasteiger charge is 2.18. The third kappa shape index (κ3) is 2.17. The molecule has 1 aromatic heterocycles. The van der Waals surface area contributed by atoms with Gasteiger partial charge in [0.25, 0.3) is 0 Å². The van der Waals surface area contributed by atoms with Gasteiger partial charge in [-0.05, 0) is 45.1 Å². The van der Waals surface area contributed by atoms with Crippen molar-refractivity contribution in [3.05, 3.63) is 70.3 Å². The number of fused-ring (bicyclic) bond motifs is 1. The van der Waals surface area contributed by atoms with Crippen molar-refractivity contribution in [2.45, 2.75) is 6.10 Å². The SMILES string of the molecule is OC(c1ccc(Br)o1)c1ccc(F)c2ccccc12. The molecule has 0 aliphatic rings. The summed E-state index contributed by atoms with van der Waals surface area (Å²) in [7, 11) is 0. The summed E-state index contributed by atoms with van der Waals surface area (Å²) in [6.45, 7) is 0. The molecule has 1 atom stereocenters. The second-order valence-corrected chi connectivity index (χ2v) is 5.01. The summed E-state index contributed by atoms with van der Waals surface area (Å²) in [5.41, 5.74) is 0.624. The Bertz CT molecular complexity index is 736. The van der Waals surface area contributed by atoms with E-state index in [0.717, 1.165) is 0 Å². The number of benzene rings is 2. The number of rotatable bonds is 2. The Morgan fingerprint density at radius 2 is 1.74 bits per heavy atom. The Labute approximate surface area is 117 Å². The highest BCUT2D eigenvalue weighted by Crippen LogP contribution is 2.31. The fourth-order valence-electron chi connectivity index (χ4n) is 2.15. The van der Waals surface area contributed by atoms with Crippen molar-refractivity contribution in [2.75, 3.05) is 0 Å². The Balaban J connectivity index is 2.18. The van der Waals surface area contributed by atoms with E-state index in [1.54, 1.807) is 36.4 Å². The first-order valence-corrected chi connectivity index (χ1v) is 6.56. The molecular formula is C15H10BrFO2. The van der Waals surface area contributed by atoms with Crippen LogP contribution in [0.15, 0.2) is 57.6 Å². The first-order chi connectivity index (χ1) is 9.16. The van der Waals surface area contributed by atoms with Crippen molar-refractivity contribution in [1.29, 1.82) is 0 Å². The second-order valence-electron chi connectivity index (χ2n) is 4.23. The van der Waals surface area contributed by atoms with Crippen LogP contribution in [-0.4, -0.2) is 5.11 Å². The quantitative estimate of drug-likeness (QED) is 0.758. The zero-order valence-electron chi connectivity index (χ0n) is 9.81. The normalized spacial score (nSPS) is 12.8. The molecule has 0 saturated heterocycles. The minimum Gasteiger partial charge on any atom is -0.451 e. The van der Waals surface area contributed by atoms with Crippen LogP contribution >= 0.6 is 15.9 Å². The summed E-state index contributed by atoms with van der Waals surface area (Å²) in [4.78, 5) is 0. The molecule has 2 nitrogen and oxygen atoms in total. The van der Waals surface area contributed by atoms with Gasteiger partial charge in [-0.3, -0.25) is 0 Å². The zero-order valence-corrected chi connectivity index (χ0v) is 11.4. The molecule has 96 valence electrons. The Kier molecular flexibility index (Phi) is 3.12. The molecule has 0 saturated carbocycles. The zero-order chi connectivity index (χ0) is 13.4. The first kappa shape index (κ1) is 12.4. The molecule has 4 heteroatoms. The van der Waals surface area contributed by atoms with E-state index in [1.807, 2.05) is 6.07 Å². The van der Waals surface area contributed by atoms with E-state index in [4.69, 9.17) is 4.42 Å². The van der Waals surface area contributed by atoms with Crippen molar-refractivity contribution in [3.63, 3.8) is 0 Å². The minimum absolute atomic E-state index is 0.299. The van der Waals surface area contributed by atoms with Crippen LogP contribution in [-0.2, 0) is 0 Å². The number of aliphatic hydroxyl groups excluding tert-OH is 1. The van der Waals surface area contributed by atoms with E-state index in [9.17, 15) is 9.50 Å². The highest BCUT2D eigenvalue weighted by atomic mass is 79.9. The lowest BCUT2D eigenvalue weighted by molar-refractivity contribution is 0.189. The molecule has 2 aromatic carbocycles. The maximum Gasteiger partial charge on any atom is 0.169 e. The summed E-state index contributed by atoms with van der Waals surface area (Å²) in [5, 5.41) is 11.5. The number of halogens is 2. The fraction of sp³-hybridized carbons (Fsp3) is 0.0667. The van der Waals surface area contributed by atoms with Crippen LogP contribution in [0.5, 0.6) is 0 Å². The smallest absolute Gasteiger partial charge is 0.169 e. The van der Waals surface area contributed by atoms with E-state index in [-0.39, 0.29) is 5.82 Å². The molecule has 1 unspecified atom stereocenters. The number of aliphatic hydroxyl groups is 1. The largest absolute Gasteiger partial charge is 0.451 e. The highest BCUT2D eigenvalue weighted by molar-refractivity contribution is 9.10. The van der Waals surface area contributed by atoms with E-state index < -0.39 is 6.10 Å². The summed E-state index contributed by atoms with van der Waals surface area (Å²) < 4.78 is 19.6. The van der Waals surface area contributed by atoms with Crippen LogP contribution < -0.4 is 0 Å². The van der Waals surface area contributed by atoms with E-state index in [1.165, 1.54) is 6.07 Å². The lowest BCUT2D eigenvalue weighted by Gasteiger charge is -2.12. The third-order valence-corrected chi connectivity index (χ3v) is 3.49. The van der Waals surface area contributed by atoms with Crippen LogP contribution in [0.3, 0.4) is 0 Å². The molecule has 3 rings (SSSR count). The van der Waals surface area contributed by atoms with Gasteiger partial charge in [-0.25, -0.2) is 4.39 Å². The summed E-state index contributed by atoms with van der Waals surface area (Å²) in [6.07, 6.45) is -0.920. The van der Waals surface area contributed by atoms with Crippen molar-refractivity contribution in [1.82, 2.24) is 0 Å². The Morgan fingerprint density at radius 3 is 2.42 bits per heavy atom. The van der Waals surface area contributed by atoms with Gasteiger partial charge in [0.15, 0.2) is 4.67 Å². The predicted molar refractivity (Wildman–Crippen MR) is 74.4 cm³/mol. The maximum absolute atomic E-state index is 13.7. The fourth-order valence-corrected chi connectivity index (χ4v) is 2.47. The van der Waals surface area contributed by atoms with Crippen LogP contribution in [0.4, 0.5) is 4.39 Å². The van der Waals surface area contributed by atoms with Gasteiger partial charge in [-0.2, -0.15) is 0 Å². The molecule has 1 N–H and O–H groups in total. The summed E-state index contributed by atoms with van der Waals surface area (Å²) in [6, 6.07) is 13.4. The first-order valence-electron chi connectivity index (χ1n) is 5.77. The van der Waals surface area contributed by atoms with Crippen molar-refractivity contribution in [3.8, 4) is 0 Å². The molecule has 0 fully saturated rings. The van der Waals surface area contributed by atoms with Gasteiger partial charge in [0.1, 0.15) is 17.7 Å². The topological polar surface area (TPSA) is 33.4 Å². The molecule has 3 aromatic rings. The summed E-state index contributed by atoms with van der Waals surface area (Å²) in [5.74, 6) is 0.121. The van der Waals surface area contributed by atoms with Crippen molar-refractivity contribution in [2.24, 2.45) is 0 Å². The van der Waals surface area contributed by atoms with Gasteiger partial charge >= 0.3 is 0 Å². The molecular weight excluding hydrogens is 311 g/mol. The number of furan rings is 1. The Hall–Kier alpha value is -1.65. The van der Waals surface area contributed by atoms with Gasteiger partial charge < -0.3 is 9.52 Å². The minimum atomic E-state index is -0.920. The van der Waals surface area contributed by atoms with E-state index in [0.29, 0.717) is 26.8 Å². The molecule has 0 radical (unpaired) electrons. The average molecular weight is 321 g/mol. The lowest BCUT2D eigenvalue weighted by Crippen LogP contribution is -1.99. The second kappa shape index (κ2) is 4.79. The standard InChI is InChI=1S/C15H10BrFO2/c16-14-8-7-13(19-14)15(18)11-5-6-12(17)10-4-2-1-3-9(10)11/h1-8,15,18H. The van der Waals surface area contributed by atoms with Gasteiger partial charge in [0.05, 0.1) is 0 Å². The van der Waals surface area contributed by atoms with Gasteiger partial charge in [-0.1, -0.05) is 30.3 Å². The molecule has 19 heavy (non-hydrogen) atoms. The van der Waals surface area contributed by atoms with Crippen LogP contribution in [0.2, 0.25) is 0 Å². The van der Waals surface area contributed by atoms with Crippen molar-refractivity contribution >= 4 is 26.7 Å². The Morgan fingerprint density at radius 1 is 1.00 bits per heavy atom. The van der Waals surface area contributed by atoms with E-state index in [2.05, 4.69) is 15.9 Å². The molecule has 0 aliphatic carbocycles. The van der Waals surface area contributed by atoms with Gasteiger partial charge in [-0.15, -0.1) is 0 Å². The van der Waals surface area contributed by atoms with Gasteiger partial charge in [0.2, 0.25) is 0 Å². The molecule has 0 aliphatic heterocycles. The molecule has 1 heterocycles. The van der Waals surface area contributed by atoms with E-state index >= 15 is 0 Å². The van der Waals surface area contributed by atoms with Crippen LogP contribution in [0, 0.1) is 5.82 Å². The average Bonchev–Trinajstić information content (AvgIpc) is 2.86. The number of hydrogen-bond donors (Lipinski definition) is 1. The maximum atomic E-state index is 13.7. The van der Waals surface area contributed by atoms with Gasteiger partial charge in [0, 0.05) is 5.39 Å². The lowest BCUT2D eigenvalue weighted by atomic mass is 9.99. The van der Waals surface area contributed by atoms with Crippen LogP contribution in [0.1, 0.15) is 17.4 Å². The van der Waals surface area contributed by atoms with Crippen molar-refractivity contribution < 1.29 is 13.9 Å². The third-order valence-electron chi connectivity index (χ3n) is 3.06. The molecule has 0 spiro atoms. The molecule has 0 bridgehead atoms. The monoisotopic (exact) mass is 320 g/mol. The number of hydrogen-bond acceptors (Lipinski definition) is 2. The molecule has 0 amide bonds. The van der Waals surface area contributed by atoms with Crippen LogP contribution in [0.25, 0.3) is 10.8 Å². The predicted octanol–water partition coefficient (Wildman–Crippen LogP) is 4.42.